The predicted octanol–water partition coefficient (Wildman–Crippen LogP) is 6.21. The summed E-state index contributed by atoms with van der Waals surface area (Å²) in [7, 11) is 0. The lowest BCUT2D eigenvalue weighted by atomic mass is 10.2. The van der Waals surface area contributed by atoms with Crippen molar-refractivity contribution in [1.29, 1.82) is 0 Å². The molecule has 0 saturated heterocycles. The van der Waals surface area contributed by atoms with Gasteiger partial charge in [0.2, 0.25) is 0 Å². The molecule has 0 unspecified atom stereocenters. The van der Waals surface area contributed by atoms with E-state index in [2.05, 4.69) is 26.2 Å². The number of nitrogens with zero attached hydrogens (tertiary/aromatic N) is 1. The topological polar surface area (TPSA) is 51.2 Å². The summed E-state index contributed by atoms with van der Waals surface area (Å²) >= 11 is 16.8. The molecule has 0 fully saturated rings. The van der Waals surface area contributed by atoms with Crippen molar-refractivity contribution in [3.05, 3.63) is 61.9 Å². The lowest BCUT2D eigenvalue weighted by molar-refractivity contribution is -0.118. The van der Waals surface area contributed by atoms with Gasteiger partial charge in [0, 0.05) is 20.4 Å². The molecule has 26 heavy (non-hydrogen) atoms. The van der Waals surface area contributed by atoms with Gasteiger partial charge in [0.15, 0.2) is 11.7 Å². The molecular formula is C18H13BrCl2N2O2S. The van der Waals surface area contributed by atoms with E-state index in [4.69, 9.17) is 27.9 Å². The highest BCUT2D eigenvalue weighted by molar-refractivity contribution is 9.10. The Bertz CT molecular complexity index is 922. The van der Waals surface area contributed by atoms with E-state index in [1.807, 2.05) is 36.6 Å². The van der Waals surface area contributed by atoms with E-state index >= 15 is 0 Å². The first-order valence-electron chi connectivity index (χ1n) is 7.52. The molecule has 0 aliphatic carbocycles. The first-order valence-corrected chi connectivity index (χ1v) is 9.95. The Hall–Kier alpha value is -1.60. The highest BCUT2D eigenvalue weighted by Crippen LogP contribution is 2.32. The number of thiazole rings is 1. The predicted molar refractivity (Wildman–Crippen MR) is 111 cm³/mol. The molecule has 8 heteroatoms. The molecule has 0 aliphatic rings. The monoisotopic (exact) mass is 470 g/mol. The maximum Gasteiger partial charge on any atom is 0.264 e. The Morgan fingerprint density at radius 3 is 2.69 bits per heavy atom. The number of carbonyl (C=O) groups excluding carboxylic acids is 1. The second-order valence-corrected chi connectivity index (χ2v) is 8.03. The van der Waals surface area contributed by atoms with Crippen LogP contribution in [-0.4, -0.2) is 17.5 Å². The summed E-state index contributed by atoms with van der Waals surface area (Å²) in [6, 6.07) is 11.1. The largest absolute Gasteiger partial charge is 0.482 e. The standard InChI is InChI=1S/C18H13BrCl2N2O2S/c1-10-6-13(20)7-14(21)17(10)25-8-16(24)23-18-22-15(9-26-18)11-2-4-12(19)5-3-11/h2-7,9H,8H2,1H3,(H,22,23,24). The summed E-state index contributed by atoms with van der Waals surface area (Å²) in [5.74, 6) is 0.132. The van der Waals surface area contributed by atoms with Gasteiger partial charge in [0.05, 0.1) is 10.7 Å². The van der Waals surface area contributed by atoms with Gasteiger partial charge in [0.25, 0.3) is 5.91 Å². The summed E-state index contributed by atoms with van der Waals surface area (Å²) in [6.07, 6.45) is 0. The number of halogens is 3. The van der Waals surface area contributed by atoms with Gasteiger partial charge in [-0.05, 0) is 36.8 Å². The average Bonchev–Trinajstić information content (AvgIpc) is 3.03. The van der Waals surface area contributed by atoms with Crippen LogP contribution >= 0.6 is 50.5 Å². The van der Waals surface area contributed by atoms with Crippen LogP contribution in [0.25, 0.3) is 11.3 Å². The molecule has 3 rings (SSSR count). The number of aryl methyl sites for hydroxylation is 1. The number of carbonyl (C=O) groups is 1. The molecule has 1 amide bonds. The van der Waals surface area contributed by atoms with Gasteiger partial charge >= 0.3 is 0 Å². The van der Waals surface area contributed by atoms with Gasteiger partial charge in [-0.15, -0.1) is 11.3 Å². The van der Waals surface area contributed by atoms with Gasteiger partial charge in [-0.3, -0.25) is 10.1 Å². The van der Waals surface area contributed by atoms with E-state index in [1.54, 1.807) is 12.1 Å². The van der Waals surface area contributed by atoms with E-state index < -0.39 is 0 Å². The van der Waals surface area contributed by atoms with Crippen LogP contribution < -0.4 is 10.1 Å². The third-order valence-corrected chi connectivity index (χ3v) is 5.22. The fraction of sp³-hybridized carbons (Fsp3) is 0.111. The molecule has 2 aromatic carbocycles. The maximum absolute atomic E-state index is 12.1. The molecule has 0 aliphatic heterocycles. The number of hydrogen-bond acceptors (Lipinski definition) is 4. The number of benzene rings is 2. The Labute approximate surface area is 173 Å². The van der Waals surface area contributed by atoms with Gasteiger partial charge in [-0.25, -0.2) is 4.98 Å². The minimum Gasteiger partial charge on any atom is -0.482 e. The van der Waals surface area contributed by atoms with Crippen LogP contribution in [0, 0.1) is 6.92 Å². The molecular weight excluding hydrogens is 459 g/mol. The van der Waals surface area contributed by atoms with Gasteiger partial charge in [0.1, 0.15) is 5.75 Å². The molecule has 1 heterocycles. The van der Waals surface area contributed by atoms with Crippen LogP contribution in [0.3, 0.4) is 0 Å². The van der Waals surface area contributed by atoms with E-state index in [0.717, 1.165) is 21.3 Å². The fourth-order valence-corrected chi connectivity index (χ4v) is 3.90. The number of hydrogen-bond donors (Lipinski definition) is 1. The van der Waals surface area contributed by atoms with Gasteiger partial charge in [-0.2, -0.15) is 0 Å². The Balaban J connectivity index is 1.62. The number of anilines is 1. The van der Waals surface area contributed by atoms with Crippen LogP contribution in [0.15, 0.2) is 46.3 Å². The molecule has 0 bridgehead atoms. The minimum absolute atomic E-state index is 0.171. The van der Waals surface area contributed by atoms with Crippen molar-refractivity contribution in [3.63, 3.8) is 0 Å². The summed E-state index contributed by atoms with van der Waals surface area (Å²) in [5.41, 5.74) is 2.54. The van der Waals surface area contributed by atoms with Crippen molar-refractivity contribution in [2.45, 2.75) is 6.92 Å². The summed E-state index contributed by atoms with van der Waals surface area (Å²) in [6.45, 7) is 1.64. The second kappa shape index (κ2) is 8.39. The van der Waals surface area contributed by atoms with Crippen molar-refractivity contribution >= 4 is 61.5 Å². The number of rotatable bonds is 5. The molecule has 3 aromatic rings. The Morgan fingerprint density at radius 1 is 1.27 bits per heavy atom. The number of aromatic nitrogens is 1. The lowest BCUT2D eigenvalue weighted by Gasteiger charge is -2.11. The van der Waals surface area contributed by atoms with Gasteiger partial charge < -0.3 is 4.74 Å². The third kappa shape index (κ3) is 4.76. The molecule has 4 nitrogen and oxygen atoms in total. The fourth-order valence-electron chi connectivity index (χ4n) is 2.25. The zero-order valence-electron chi connectivity index (χ0n) is 13.6. The van der Waals surface area contributed by atoms with Crippen LogP contribution in [0.4, 0.5) is 5.13 Å². The van der Waals surface area contributed by atoms with Crippen LogP contribution in [0.2, 0.25) is 10.0 Å². The van der Waals surface area contributed by atoms with Crippen molar-refractivity contribution in [2.75, 3.05) is 11.9 Å². The van der Waals surface area contributed by atoms with Crippen molar-refractivity contribution in [2.24, 2.45) is 0 Å². The second-order valence-electron chi connectivity index (χ2n) is 5.42. The van der Waals surface area contributed by atoms with E-state index in [9.17, 15) is 4.79 Å². The van der Waals surface area contributed by atoms with Crippen molar-refractivity contribution in [3.8, 4) is 17.0 Å². The minimum atomic E-state index is -0.313. The number of ether oxygens (including phenoxy) is 1. The van der Waals surface area contributed by atoms with E-state index in [-0.39, 0.29) is 12.5 Å². The van der Waals surface area contributed by atoms with Crippen LogP contribution in [0.1, 0.15) is 5.56 Å². The van der Waals surface area contributed by atoms with Crippen LogP contribution in [0.5, 0.6) is 5.75 Å². The Morgan fingerprint density at radius 2 is 2.00 bits per heavy atom. The lowest BCUT2D eigenvalue weighted by Crippen LogP contribution is -2.20. The molecule has 0 radical (unpaired) electrons. The average molecular weight is 472 g/mol. The van der Waals surface area contributed by atoms with Crippen molar-refractivity contribution < 1.29 is 9.53 Å². The molecule has 1 aromatic heterocycles. The molecule has 1 N–H and O–H groups in total. The van der Waals surface area contributed by atoms with Crippen molar-refractivity contribution in [1.82, 2.24) is 4.98 Å². The number of nitrogens with one attached hydrogen (secondary N) is 1. The highest BCUT2D eigenvalue weighted by atomic mass is 79.9. The quantitative estimate of drug-likeness (QED) is 0.481. The summed E-state index contributed by atoms with van der Waals surface area (Å²) < 4.78 is 6.53. The number of amides is 1. The smallest absolute Gasteiger partial charge is 0.264 e. The summed E-state index contributed by atoms with van der Waals surface area (Å²) in [5, 5.41) is 6.02. The third-order valence-electron chi connectivity index (χ3n) is 3.43. The molecule has 134 valence electrons. The summed E-state index contributed by atoms with van der Waals surface area (Å²) in [4.78, 5) is 16.5. The van der Waals surface area contributed by atoms with E-state index in [0.29, 0.717) is 20.9 Å². The molecule has 0 spiro atoms. The van der Waals surface area contributed by atoms with Gasteiger partial charge in [-0.1, -0.05) is 51.3 Å². The Kier molecular flexibility index (Phi) is 6.19. The first kappa shape index (κ1) is 19.2. The maximum atomic E-state index is 12.1. The SMILES string of the molecule is Cc1cc(Cl)cc(Cl)c1OCC(=O)Nc1nc(-c2ccc(Br)cc2)cs1. The van der Waals surface area contributed by atoms with E-state index in [1.165, 1.54) is 11.3 Å². The highest BCUT2D eigenvalue weighted by Gasteiger charge is 2.12. The normalized spacial score (nSPS) is 10.6. The zero-order valence-corrected chi connectivity index (χ0v) is 17.5. The zero-order chi connectivity index (χ0) is 18.7. The van der Waals surface area contributed by atoms with Crippen LogP contribution in [-0.2, 0) is 4.79 Å². The molecule has 0 atom stereocenters. The first-order chi connectivity index (χ1) is 12.4. The molecule has 0 saturated carbocycles.